The number of ether oxygens (including phenoxy) is 1. The second-order valence-electron chi connectivity index (χ2n) is 3.34. The Morgan fingerprint density at radius 2 is 1.94 bits per heavy atom. The molecule has 2 N–H and O–H groups in total. The van der Waals surface area contributed by atoms with Gasteiger partial charge in [0.05, 0.1) is 6.42 Å². The van der Waals surface area contributed by atoms with Crippen molar-refractivity contribution in [2.75, 3.05) is 0 Å². The van der Waals surface area contributed by atoms with Gasteiger partial charge in [0.25, 0.3) is 5.91 Å². The van der Waals surface area contributed by atoms with Crippen LogP contribution in [0.1, 0.15) is 12.5 Å². The van der Waals surface area contributed by atoms with E-state index in [4.69, 9.17) is 22.1 Å². The topological polar surface area (TPSA) is 69.4 Å². The van der Waals surface area contributed by atoms with E-state index in [0.29, 0.717) is 5.02 Å². The minimum atomic E-state index is -0.903. The van der Waals surface area contributed by atoms with Gasteiger partial charge in [0.1, 0.15) is 0 Å². The Morgan fingerprint density at radius 3 is 2.44 bits per heavy atom. The maximum Gasteiger partial charge on any atom is 0.311 e. The number of carbonyl (C=O) groups excluding carboxylic acids is 2. The standard InChI is InChI=1S/C11H12ClNO3/c1-7(11(13)15)16-10(14)6-8-2-4-9(12)5-3-8/h2-5,7H,6H2,1H3,(H2,13,15)/t7-/m0/s1. The molecule has 4 nitrogen and oxygen atoms in total. The lowest BCUT2D eigenvalue weighted by Crippen LogP contribution is -2.30. The third-order valence-corrected chi connectivity index (χ3v) is 2.22. The number of amides is 1. The molecule has 0 aliphatic carbocycles. The normalized spacial score (nSPS) is 11.9. The van der Waals surface area contributed by atoms with Crippen LogP contribution < -0.4 is 5.73 Å². The average molecular weight is 242 g/mol. The molecule has 0 saturated heterocycles. The number of halogens is 1. The summed E-state index contributed by atoms with van der Waals surface area (Å²) < 4.78 is 4.80. The van der Waals surface area contributed by atoms with Gasteiger partial charge in [0.2, 0.25) is 0 Å². The predicted molar refractivity (Wildman–Crippen MR) is 59.9 cm³/mol. The Kier molecular flexibility index (Phi) is 4.31. The van der Waals surface area contributed by atoms with Crippen LogP contribution in [0.25, 0.3) is 0 Å². The Balaban J connectivity index is 2.52. The first-order chi connectivity index (χ1) is 7.49. The number of hydrogen-bond donors (Lipinski definition) is 1. The van der Waals surface area contributed by atoms with Crippen molar-refractivity contribution in [1.82, 2.24) is 0 Å². The first-order valence-corrected chi connectivity index (χ1v) is 5.10. The van der Waals surface area contributed by atoms with Gasteiger partial charge in [0, 0.05) is 5.02 Å². The Hall–Kier alpha value is -1.55. The summed E-state index contributed by atoms with van der Waals surface area (Å²) in [6, 6.07) is 6.81. The zero-order chi connectivity index (χ0) is 12.1. The molecule has 0 bridgehead atoms. The summed E-state index contributed by atoms with van der Waals surface area (Å²) in [7, 11) is 0. The van der Waals surface area contributed by atoms with Gasteiger partial charge in [-0.2, -0.15) is 0 Å². The average Bonchev–Trinajstić information content (AvgIpc) is 2.21. The van der Waals surface area contributed by atoms with Crippen molar-refractivity contribution < 1.29 is 14.3 Å². The van der Waals surface area contributed by atoms with Crippen molar-refractivity contribution in [2.24, 2.45) is 5.73 Å². The maximum atomic E-state index is 11.3. The van der Waals surface area contributed by atoms with Gasteiger partial charge in [-0.05, 0) is 24.6 Å². The monoisotopic (exact) mass is 241 g/mol. The van der Waals surface area contributed by atoms with Gasteiger partial charge < -0.3 is 10.5 Å². The molecule has 5 heteroatoms. The van der Waals surface area contributed by atoms with Crippen molar-refractivity contribution in [3.8, 4) is 0 Å². The fourth-order valence-electron chi connectivity index (χ4n) is 1.07. The smallest absolute Gasteiger partial charge is 0.311 e. The van der Waals surface area contributed by atoms with Crippen molar-refractivity contribution in [1.29, 1.82) is 0 Å². The number of nitrogens with two attached hydrogens (primary N) is 1. The molecule has 0 aliphatic heterocycles. The van der Waals surface area contributed by atoms with E-state index in [-0.39, 0.29) is 6.42 Å². The van der Waals surface area contributed by atoms with Crippen LogP contribution in [-0.2, 0) is 20.7 Å². The van der Waals surface area contributed by atoms with Gasteiger partial charge >= 0.3 is 5.97 Å². The highest BCUT2D eigenvalue weighted by molar-refractivity contribution is 6.30. The molecule has 0 aromatic heterocycles. The molecule has 0 aliphatic rings. The minimum Gasteiger partial charge on any atom is -0.452 e. The van der Waals surface area contributed by atoms with Gasteiger partial charge in [0.15, 0.2) is 6.10 Å². The van der Waals surface area contributed by atoms with Crippen molar-refractivity contribution >= 4 is 23.5 Å². The lowest BCUT2D eigenvalue weighted by Gasteiger charge is -2.09. The second kappa shape index (κ2) is 5.51. The zero-order valence-electron chi connectivity index (χ0n) is 8.77. The summed E-state index contributed by atoms with van der Waals surface area (Å²) >= 11 is 5.70. The van der Waals surface area contributed by atoms with E-state index in [2.05, 4.69) is 0 Å². The Labute approximate surface area is 98.3 Å². The van der Waals surface area contributed by atoms with Crippen molar-refractivity contribution in [2.45, 2.75) is 19.4 Å². The first-order valence-electron chi connectivity index (χ1n) is 4.72. The molecule has 0 spiro atoms. The van der Waals surface area contributed by atoms with Crippen LogP contribution in [0.3, 0.4) is 0 Å². The summed E-state index contributed by atoms with van der Waals surface area (Å²) in [5, 5.41) is 0.600. The van der Waals surface area contributed by atoms with Crippen LogP contribution in [0.15, 0.2) is 24.3 Å². The highest BCUT2D eigenvalue weighted by atomic mass is 35.5. The van der Waals surface area contributed by atoms with E-state index in [1.54, 1.807) is 24.3 Å². The third kappa shape index (κ3) is 3.90. The molecule has 0 saturated carbocycles. The predicted octanol–water partition coefficient (Wildman–Crippen LogP) is 1.30. The molecule has 0 fully saturated rings. The van der Waals surface area contributed by atoms with Gasteiger partial charge in [-0.25, -0.2) is 0 Å². The fraction of sp³-hybridized carbons (Fsp3) is 0.273. The van der Waals surface area contributed by atoms with Crippen LogP contribution in [-0.4, -0.2) is 18.0 Å². The second-order valence-corrected chi connectivity index (χ2v) is 3.77. The summed E-state index contributed by atoms with van der Waals surface area (Å²) in [5.41, 5.74) is 5.73. The molecule has 0 radical (unpaired) electrons. The van der Waals surface area contributed by atoms with E-state index in [1.165, 1.54) is 6.92 Å². The number of carbonyl (C=O) groups is 2. The molecular weight excluding hydrogens is 230 g/mol. The number of benzene rings is 1. The quantitative estimate of drug-likeness (QED) is 0.808. The molecule has 1 rings (SSSR count). The first kappa shape index (κ1) is 12.5. The van der Waals surface area contributed by atoms with Crippen LogP contribution >= 0.6 is 11.6 Å². The van der Waals surface area contributed by atoms with Crippen LogP contribution in [0.5, 0.6) is 0 Å². The van der Waals surface area contributed by atoms with E-state index in [0.717, 1.165) is 5.56 Å². The largest absolute Gasteiger partial charge is 0.452 e. The van der Waals surface area contributed by atoms with E-state index in [1.807, 2.05) is 0 Å². The Morgan fingerprint density at radius 1 is 1.38 bits per heavy atom. The number of esters is 1. The van der Waals surface area contributed by atoms with Crippen LogP contribution in [0.4, 0.5) is 0 Å². The fourth-order valence-corrected chi connectivity index (χ4v) is 1.19. The highest BCUT2D eigenvalue weighted by Crippen LogP contribution is 2.10. The van der Waals surface area contributed by atoms with Gasteiger partial charge in [-0.1, -0.05) is 23.7 Å². The number of rotatable bonds is 4. The molecule has 1 amide bonds. The molecule has 16 heavy (non-hydrogen) atoms. The molecule has 0 unspecified atom stereocenters. The number of primary amides is 1. The van der Waals surface area contributed by atoms with Crippen molar-refractivity contribution in [3.63, 3.8) is 0 Å². The summed E-state index contributed by atoms with van der Waals surface area (Å²) in [4.78, 5) is 22.0. The SMILES string of the molecule is C[C@H](OC(=O)Cc1ccc(Cl)cc1)C(N)=O. The van der Waals surface area contributed by atoms with E-state index in [9.17, 15) is 9.59 Å². The Bertz CT molecular complexity index is 389. The van der Waals surface area contributed by atoms with Crippen molar-refractivity contribution in [3.05, 3.63) is 34.9 Å². The molecule has 0 heterocycles. The van der Waals surface area contributed by atoms with Crippen LogP contribution in [0.2, 0.25) is 5.02 Å². The highest BCUT2D eigenvalue weighted by Gasteiger charge is 2.14. The molecular formula is C11H12ClNO3. The van der Waals surface area contributed by atoms with Gasteiger partial charge in [-0.3, -0.25) is 9.59 Å². The molecule has 1 aromatic rings. The van der Waals surface area contributed by atoms with Gasteiger partial charge in [-0.15, -0.1) is 0 Å². The van der Waals surface area contributed by atoms with E-state index < -0.39 is 18.0 Å². The minimum absolute atomic E-state index is 0.0921. The maximum absolute atomic E-state index is 11.3. The zero-order valence-corrected chi connectivity index (χ0v) is 9.53. The molecule has 1 atom stereocenters. The lowest BCUT2D eigenvalue weighted by atomic mass is 10.1. The number of hydrogen-bond acceptors (Lipinski definition) is 3. The third-order valence-electron chi connectivity index (χ3n) is 1.97. The van der Waals surface area contributed by atoms with E-state index >= 15 is 0 Å². The summed E-state index contributed by atoms with van der Waals surface area (Å²) in [6.07, 6.45) is -0.811. The summed E-state index contributed by atoms with van der Waals surface area (Å²) in [5.74, 6) is -1.15. The molecule has 1 aromatic carbocycles. The summed E-state index contributed by atoms with van der Waals surface area (Å²) in [6.45, 7) is 1.43. The van der Waals surface area contributed by atoms with Crippen LogP contribution in [0, 0.1) is 0 Å². The lowest BCUT2D eigenvalue weighted by molar-refractivity contribution is -0.153. The molecule has 86 valence electrons.